The van der Waals surface area contributed by atoms with E-state index in [1.165, 1.54) is 4.57 Å². The summed E-state index contributed by atoms with van der Waals surface area (Å²) in [5.74, 6) is 0.505. The Morgan fingerprint density at radius 3 is 2.95 bits per heavy atom. The number of nitrogens with zero attached hydrogens (tertiary/aromatic N) is 3. The summed E-state index contributed by atoms with van der Waals surface area (Å²) < 4.78 is 21.9. The Morgan fingerprint density at radius 2 is 2.32 bits per heavy atom. The molecule has 3 rings (SSSR count). The average molecular weight is 306 g/mol. The van der Waals surface area contributed by atoms with Gasteiger partial charge in [0.05, 0.1) is 18.4 Å². The maximum atomic E-state index is 13.1. The zero-order chi connectivity index (χ0) is 15.7. The molecule has 1 aliphatic carbocycles. The van der Waals surface area contributed by atoms with Crippen LogP contribution in [-0.2, 0) is 18.4 Å². The second kappa shape index (κ2) is 5.92. The van der Waals surface area contributed by atoms with Gasteiger partial charge in [0.25, 0.3) is 5.56 Å². The van der Waals surface area contributed by atoms with Crippen molar-refractivity contribution in [3.63, 3.8) is 0 Å². The lowest BCUT2D eigenvalue weighted by molar-refractivity contribution is 0.0412. The number of halogens is 1. The molecule has 0 amide bonds. The van der Waals surface area contributed by atoms with Crippen molar-refractivity contribution in [2.45, 2.75) is 38.1 Å². The third-order valence-corrected chi connectivity index (χ3v) is 3.85. The van der Waals surface area contributed by atoms with Crippen molar-refractivity contribution < 1.29 is 9.13 Å². The lowest BCUT2D eigenvalue weighted by Gasteiger charge is -2.12. The van der Waals surface area contributed by atoms with Crippen LogP contribution in [0.4, 0.5) is 10.1 Å². The van der Waals surface area contributed by atoms with Gasteiger partial charge in [-0.05, 0) is 24.5 Å². The Bertz CT molecular complexity index is 725. The van der Waals surface area contributed by atoms with Gasteiger partial charge in [-0.3, -0.25) is 14.0 Å². The number of ether oxygens (including phenoxy) is 1. The Hall–Kier alpha value is -2.15. The Morgan fingerprint density at radius 1 is 1.50 bits per heavy atom. The average Bonchev–Trinajstić information content (AvgIpc) is 3.09. The highest BCUT2D eigenvalue weighted by atomic mass is 19.1. The molecular formula is C15H19FN4O2. The van der Waals surface area contributed by atoms with Crippen molar-refractivity contribution in [2.24, 2.45) is 7.05 Å². The molecule has 1 saturated carbocycles. The van der Waals surface area contributed by atoms with Crippen LogP contribution in [0.1, 0.15) is 24.8 Å². The lowest BCUT2D eigenvalue weighted by atomic mass is 10.2. The zero-order valence-corrected chi connectivity index (χ0v) is 12.4. The number of hydrogen-bond donors (Lipinski definition) is 1. The van der Waals surface area contributed by atoms with E-state index in [9.17, 15) is 9.18 Å². The molecule has 7 heteroatoms. The molecule has 1 fully saturated rings. The summed E-state index contributed by atoms with van der Waals surface area (Å²) in [4.78, 5) is 12.1. The predicted octanol–water partition coefficient (Wildman–Crippen LogP) is 1.56. The van der Waals surface area contributed by atoms with E-state index in [-0.39, 0.29) is 17.4 Å². The topological polar surface area (TPSA) is 75.1 Å². The van der Waals surface area contributed by atoms with Crippen LogP contribution in [0.15, 0.2) is 29.3 Å². The van der Waals surface area contributed by atoms with Crippen molar-refractivity contribution in [3.05, 3.63) is 40.4 Å². The highest BCUT2D eigenvalue weighted by Crippen LogP contribution is 2.25. The van der Waals surface area contributed by atoms with E-state index in [1.807, 2.05) is 0 Å². The molecule has 0 aliphatic heterocycles. The van der Waals surface area contributed by atoms with Crippen LogP contribution in [0.2, 0.25) is 0 Å². The number of anilines is 1. The normalized spacial score (nSPS) is 21.4. The van der Waals surface area contributed by atoms with E-state index in [1.54, 1.807) is 36.3 Å². The van der Waals surface area contributed by atoms with Gasteiger partial charge in [-0.25, -0.2) is 4.39 Å². The van der Waals surface area contributed by atoms with Gasteiger partial charge in [0, 0.05) is 31.9 Å². The predicted molar refractivity (Wildman–Crippen MR) is 80.5 cm³/mol. The first-order chi connectivity index (χ1) is 10.5. The van der Waals surface area contributed by atoms with Gasteiger partial charge < -0.3 is 10.5 Å². The van der Waals surface area contributed by atoms with Gasteiger partial charge in [0.2, 0.25) is 0 Å². The number of nitrogens with two attached hydrogens (primary N) is 1. The van der Waals surface area contributed by atoms with Crippen molar-refractivity contribution in [2.75, 3.05) is 5.73 Å². The highest BCUT2D eigenvalue weighted by molar-refractivity contribution is 5.40. The van der Waals surface area contributed by atoms with E-state index in [0.717, 1.165) is 12.0 Å². The standard InChI is InChI=1S/C15H19FN4O2/c1-19-5-4-14(18-19)20-8-10(6-13(17)15(20)21)9-22-12-3-2-11(16)7-12/h4-6,8,11-12H,2-3,7,9,17H2,1H3. The van der Waals surface area contributed by atoms with Crippen LogP contribution in [0, 0.1) is 0 Å². The number of aryl methyl sites for hydroxylation is 1. The summed E-state index contributed by atoms with van der Waals surface area (Å²) in [7, 11) is 1.78. The van der Waals surface area contributed by atoms with Crippen LogP contribution in [0.25, 0.3) is 5.82 Å². The van der Waals surface area contributed by atoms with Crippen LogP contribution < -0.4 is 11.3 Å². The van der Waals surface area contributed by atoms with Crippen LogP contribution in [-0.4, -0.2) is 26.6 Å². The van der Waals surface area contributed by atoms with Gasteiger partial charge in [0.15, 0.2) is 5.82 Å². The molecule has 2 atom stereocenters. The molecule has 6 nitrogen and oxygen atoms in total. The fraction of sp³-hybridized carbons (Fsp3) is 0.467. The SMILES string of the molecule is Cn1ccc(-n2cc(COC3CCC(F)C3)cc(N)c2=O)n1. The molecule has 2 heterocycles. The van der Waals surface area contributed by atoms with Crippen molar-refractivity contribution in [1.82, 2.24) is 14.3 Å². The number of alkyl halides is 1. The minimum atomic E-state index is -0.766. The van der Waals surface area contributed by atoms with E-state index in [2.05, 4.69) is 5.10 Å². The minimum absolute atomic E-state index is 0.0635. The quantitative estimate of drug-likeness (QED) is 0.930. The van der Waals surface area contributed by atoms with E-state index < -0.39 is 6.17 Å². The molecular weight excluding hydrogens is 287 g/mol. The molecule has 0 spiro atoms. The number of hydrogen-bond acceptors (Lipinski definition) is 4. The molecule has 2 aromatic heterocycles. The fourth-order valence-corrected chi connectivity index (χ4v) is 2.70. The van der Waals surface area contributed by atoms with Crippen molar-refractivity contribution in [1.29, 1.82) is 0 Å². The molecule has 2 unspecified atom stereocenters. The largest absolute Gasteiger partial charge is 0.394 e. The molecule has 0 aromatic carbocycles. The van der Waals surface area contributed by atoms with Crippen LogP contribution in [0.5, 0.6) is 0 Å². The van der Waals surface area contributed by atoms with Gasteiger partial charge in [-0.15, -0.1) is 0 Å². The first-order valence-corrected chi connectivity index (χ1v) is 7.29. The molecule has 2 aromatic rings. The van der Waals surface area contributed by atoms with Crippen LogP contribution >= 0.6 is 0 Å². The second-order valence-electron chi connectivity index (χ2n) is 5.67. The number of rotatable bonds is 4. The Kier molecular flexibility index (Phi) is 3.98. The summed E-state index contributed by atoms with van der Waals surface area (Å²) in [6, 6.07) is 3.33. The Labute approximate surface area is 127 Å². The smallest absolute Gasteiger partial charge is 0.279 e. The molecule has 2 N–H and O–H groups in total. The number of aromatic nitrogens is 3. The van der Waals surface area contributed by atoms with Gasteiger partial charge in [-0.1, -0.05) is 0 Å². The molecule has 118 valence electrons. The summed E-state index contributed by atoms with van der Waals surface area (Å²) in [6.07, 6.45) is 4.32. The second-order valence-corrected chi connectivity index (χ2v) is 5.67. The van der Waals surface area contributed by atoms with Gasteiger partial charge in [-0.2, -0.15) is 5.10 Å². The molecule has 0 radical (unpaired) electrons. The third-order valence-electron chi connectivity index (χ3n) is 3.85. The lowest BCUT2D eigenvalue weighted by Crippen LogP contribution is -2.22. The van der Waals surface area contributed by atoms with Crippen molar-refractivity contribution >= 4 is 5.69 Å². The molecule has 0 bridgehead atoms. The van der Waals surface area contributed by atoms with E-state index in [4.69, 9.17) is 10.5 Å². The Balaban J connectivity index is 1.80. The van der Waals surface area contributed by atoms with Crippen LogP contribution in [0.3, 0.4) is 0 Å². The highest BCUT2D eigenvalue weighted by Gasteiger charge is 2.24. The summed E-state index contributed by atoms with van der Waals surface area (Å²) in [5, 5.41) is 4.21. The maximum absolute atomic E-state index is 13.1. The first kappa shape index (κ1) is 14.8. The summed E-state index contributed by atoms with van der Waals surface area (Å²) >= 11 is 0. The summed E-state index contributed by atoms with van der Waals surface area (Å²) in [5.41, 5.74) is 6.38. The maximum Gasteiger partial charge on any atom is 0.279 e. The van der Waals surface area contributed by atoms with Gasteiger partial charge >= 0.3 is 0 Å². The zero-order valence-electron chi connectivity index (χ0n) is 12.4. The molecule has 1 aliphatic rings. The van der Waals surface area contributed by atoms with Gasteiger partial charge in [0.1, 0.15) is 6.17 Å². The van der Waals surface area contributed by atoms with Crippen molar-refractivity contribution in [3.8, 4) is 5.82 Å². The number of pyridine rings is 1. The monoisotopic (exact) mass is 306 g/mol. The summed E-state index contributed by atoms with van der Waals surface area (Å²) in [6.45, 7) is 0.300. The molecule has 0 saturated heterocycles. The first-order valence-electron chi connectivity index (χ1n) is 7.29. The minimum Gasteiger partial charge on any atom is -0.394 e. The fourth-order valence-electron chi connectivity index (χ4n) is 2.70. The van der Waals surface area contributed by atoms with E-state index >= 15 is 0 Å². The molecule has 22 heavy (non-hydrogen) atoms. The van der Waals surface area contributed by atoms with E-state index in [0.29, 0.717) is 25.3 Å². The third kappa shape index (κ3) is 3.04. The number of nitrogen functional groups attached to an aromatic ring is 1.